The van der Waals surface area contributed by atoms with Crippen LogP contribution < -0.4 is 10.2 Å². The maximum Gasteiger partial charge on any atom is 0.130 e. The van der Waals surface area contributed by atoms with Gasteiger partial charge >= 0.3 is 0 Å². The lowest BCUT2D eigenvalue weighted by Gasteiger charge is -2.35. The Morgan fingerprint density at radius 3 is 2.59 bits per heavy atom. The highest BCUT2D eigenvalue weighted by molar-refractivity contribution is 5.89. The number of aromatic nitrogens is 4. The predicted octanol–water partition coefficient (Wildman–Crippen LogP) is 4.40. The van der Waals surface area contributed by atoms with Gasteiger partial charge in [-0.2, -0.15) is 0 Å². The second-order valence-corrected chi connectivity index (χ2v) is 9.28. The fourth-order valence-electron chi connectivity index (χ4n) is 4.77. The van der Waals surface area contributed by atoms with Gasteiger partial charge in [0.2, 0.25) is 0 Å². The normalized spacial score (nSPS) is 16.7. The molecule has 0 bridgehead atoms. The zero-order chi connectivity index (χ0) is 23.1. The Morgan fingerprint density at radius 2 is 1.82 bits per heavy atom. The minimum atomic E-state index is 0.774. The van der Waals surface area contributed by atoms with E-state index in [-0.39, 0.29) is 0 Å². The Bertz CT molecular complexity index is 1350. The number of pyridine rings is 2. The van der Waals surface area contributed by atoms with Crippen LogP contribution in [0.2, 0.25) is 0 Å². The van der Waals surface area contributed by atoms with E-state index in [4.69, 9.17) is 0 Å². The third kappa shape index (κ3) is 4.15. The average Bonchev–Trinajstić information content (AvgIpc) is 3.64. The van der Waals surface area contributed by atoms with Gasteiger partial charge in [0.25, 0.3) is 0 Å². The molecule has 2 fully saturated rings. The Morgan fingerprint density at radius 1 is 0.971 bits per heavy atom. The van der Waals surface area contributed by atoms with Gasteiger partial charge < -0.3 is 14.8 Å². The molecule has 7 nitrogen and oxygen atoms in total. The molecule has 1 aromatic carbocycles. The summed E-state index contributed by atoms with van der Waals surface area (Å²) in [6.07, 6.45) is 10.2. The van der Waals surface area contributed by atoms with Crippen molar-refractivity contribution < 1.29 is 0 Å². The molecule has 1 N–H and O–H groups in total. The number of benzene rings is 1. The fraction of sp³-hybridized carbons (Fsp3) is 0.296. The van der Waals surface area contributed by atoms with E-state index in [0.717, 1.165) is 77.1 Å². The minimum absolute atomic E-state index is 0.774. The maximum absolute atomic E-state index is 4.64. The fourth-order valence-corrected chi connectivity index (χ4v) is 4.77. The summed E-state index contributed by atoms with van der Waals surface area (Å²) >= 11 is 0. The quantitative estimate of drug-likeness (QED) is 0.469. The first-order chi connectivity index (χ1) is 16.6. The molecule has 34 heavy (non-hydrogen) atoms. The summed E-state index contributed by atoms with van der Waals surface area (Å²) in [4.78, 5) is 18.5. The second kappa shape index (κ2) is 8.57. The van der Waals surface area contributed by atoms with E-state index < -0.39 is 0 Å². The molecule has 4 heterocycles. The molecule has 0 radical (unpaired) electrons. The molecule has 3 aromatic heterocycles. The van der Waals surface area contributed by atoms with E-state index in [0.29, 0.717) is 0 Å². The molecule has 1 aliphatic heterocycles. The van der Waals surface area contributed by atoms with Crippen molar-refractivity contribution >= 4 is 28.1 Å². The molecule has 2 aliphatic rings. The summed E-state index contributed by atoms with van der Waals surface area (Å²) in [7, 11) is 2.01. The smallest absolute Gasteiger partial charge is 0.130 e. The number of hydrogen-bond acceptors (Lipinski definition) is 6. The first-order valence-corrected chi connectivity index (χ1v) is 11.9. The molecule has 6 rings (SSSR count). The first-order valence-electron chi connectivity index (χ1n) is 11.9. The Balaban J connectivity index is 1.18. The van der Waals surface area contributed by atoms with Crippen molar-refractivity contribution in [1.29, 1.82) is 0 Å². The number of fused-ring (bicyclic) bond motifs is 1. The van der Waals surface area contributed by atoms with Crippen LogP contribution in [0.3, 0.4) is 0 Å². The number of aryl methyl sites for hydroxylation is 1. The van der Waals surface area contributed by atoms with Crippen LogP contribution in [0.25, 0.3) is 27.7 Å². The highest BCUT2D eigenvalue weighted by Gasteiger charge is 2.31. The molecule has 0 amide bonds. The molecular formula is C27H29N7. The third-order valence-electron chi connectivity index (χ3n) is 6.91. The lowest BCUT2D eigenvalue weighted by atomic mass is 10.1. The molecule has 0 spiro atoms. The monoisotopic (exact) mass is 451 g/mol. The van der Waals surface area contributed by atoms with E-state index in [1.807, 2.05) is 42.6 Å². The van der Waals surface area contributed by atoms with Crippen LogP contribution in [0.5, 0.6) is 0 Å². The van der Waals surface area contributed by atoms with Crippen LogP contribution in [0, 0.1) is 0 Å². The zero-order valence-corrected chi connectivity index (χ0v) is 19.5. The third-order valence-corrected chi connectivity index (χ3v) is 6.91. The summed E-state index contributed by atoms with van der Waals surface area (Å²) < 4.78 is 2.02. The van der Waals surface area contributed by atoms with Gasteiger partial charge in [0.1, 0.15) is 11.6 Å². The summed E-state index contributed by atoms with van der Waals surface area (Å²) in [6.45, 7) is 8.58. The molecule has 1 saturated heterocycles. The van der Waals surface area contributed by atoms with Crippen molar-refractivity contribution in [2.45, 2.75) is 18.9 Å². The first kappa shape index (κ1) is 20.9. The topological polar surface area (TPSA) is 62.1 Å². The van der Waals surface area contributed by atoms with Crippen LogP contribution >= 0.6 is 0 Å². The van der Waals surface area contributed by atoms with Crippen molar-refractivity contribution in [3.63, 3.8) is 0 Å². The van der Waals surface area contributed by atoms with Crippen molar-refractivity contribution in [2.24, 2.45) is 7.05 Å². The van der Waals surface area contributed by atoms with E-state index >= 15 is 0 Å². The highest BCUT2D eigenvalue weighted by Crippen LogP contribution is 2.29. The van der Waals surface area contributed by atoms with Gasteiger partial charge in [-0.25, -0.2) is 15.0 Å². The molecular weight excluding hydrogens is 422 g/mol. The van der Waals surface area contributed by atoms with Gasteiger partial charge in [-0.15, -0.1) is 0 Å². The van der Waals surface area contributed by atoms with E-state index in [9.17, 15) is 0 Å². The predicted molar refractivity (Wildman–Crippen MR) is 138 cm³/mol. The Labute approximate surface area is 199 Å². The Hall–Kier alpha value is -3.71. The molecule has 7 heteroatoms. The number of rotatable bonds is 6. The minimum Gasteiger partial charge on any atom is -0.354 e. The van der Waals surface area contributed by atoms with Gasteiger partial charge in [-0.3, -0.25) is 4.90 Å². The van der Waals surface area contributed by atoms with Gasteiger partial charge in [-0.05, 0) is 42.5 Å². The van der Waals surface area contributed by atoms with E-state index in [1.54, 1.807) is 0 Å². The number of nitrogens with one attached hydrogen (secondary N) is 1. The maximum atomic E-state index is 4.64. The van der Waals surface area contributed by atoms with E-state index in [1.165, 1.54) is 12.8 Å². The van der Waals surface area contributed by atoms with Crippen LogP contribution in [-0.4, -0.2) is 56.6 Å². The number of imidazole rings is 1. The number of piperazine rings is 1. The summed E-state index contributed by atoms with van der Waals surface area (Å²) in [5, 5.41) is 5.61. The molecule has 1 saturated carbocycles. The largest absolute Gasteiger partial charge is 0.354 e. The summed E-state index contributed by atoms with van der Waals surface area (Å²) in [5.74, 6) is 1.79. The molecule has 0 atom stereocenters. The van der Waals surface area contributed by atoms with Crippen molar-refractivity contribution in [3.8, 4) is 11.3 Å². The molecule has 1 aliphatic carbocycles. The standard InChI is InChI=1S/C27H29N7/c1-19(20-7-8-29-27(15-20)34-11-9-33(10-12-34)24-5-6-24)31-26-14-23-13-21(3-4-22(23)16-30-26)25-17-28-18-32(25)2/h3-4,7-8,13-18,24H,1,5-6,9-12H2,2H3,(H,30,31). The number of anilines is 2. The van der Waals surface area contributed by atoms with Crippen LogP contribution in [0.1, 0.15) is 18.4 Å². The molecule has 172 valence electrons. The summed E-state index contributed by atoms with van der Waals surface area (Å²) in [5.41, 5.74) is 4.05. The zero-order valence-electron chi connectivity index (χ0n) is 19.5. The van der Waals surface area contributed by atoms with Crippen molar-refractivity contribution in [3.05, 3.63) is 73.5 Å². The Kier molecular flexibility index (Phi) is 5.26. The van der Waals surface area contributed by atoms with Crippen LogP contribution in [-0.2, 0) is 7.05 Å². The van der Waals surface area contributed by atoms with Crippen LogP contribution in [0.4, 0.5) is 11.6 Å². The van der Waals surface area contributed by atoms with E-state index in [2.05, 4.69) is 67.0 Å². The molecule has 4 aromatic rings. The van der Waals surface area contributed by atoms with Crippen molar-refractivity contribution in [2.75, 3.05) is 36.4 Å². The summed E-state index contributed by atoms with van der Waals surface area (Å²) in [6, 6.07) is 13.4. The van der Waals surface area contributed by atoms with Gasteiger partial charge in [0, 0.05) is 73.9 Å². The van der Waals surface area contributed by atoms with Gasteiger partial charge in [0.15, 0.2) is 0 Å². The second-order valence-electron chi connectivity index (χ2n) is 9.28. The lowest BCUT2D eigenvalue weighted by Crippen LogP contribution is -2.47. The SMILES string of the molecule is C=C(Nc1cc2cc(-c3cncn3C)ccc2cn1)c1ccnc(N2CCN(C3CC3)CC2)c1. The average molecular weight is 452 g/mol. The number of hydrogen-bond donors (Lipinski definition) is 1. The van der Waals surface area contributed by atoms with Crippen molar-refractivity contribution in [1.82, 2.24) is 24.4 Å². The van der Waals surface area contributed by atoms with Gasteiger partial charge in [0.05, 0.1) is 18.2 Å². The number of nitrogens with zero attached hydrogens (tertiary/aromatic N) is 6. The molecule has 0 unspecified atom stereocenters. The van der Waals surface area contributed by atoms with Gasteiger partial charge in [-0.1, -0.05) is 18.7 Å². The highest BCUT2D eigenvalue weighted by atomic mass is 15.3. The van der Waals surface area contributed by atoms with Crippen LogP contribution in [0.15, 0.2) is 67.9 Å². The lowest BCUT2D eigenvalue weighted by molar-refractivity contribution is 0.247.